The van der Waals surface area contributed by atoms with E-state index in [1.807, 2.05) is 17.2 Å². The number of piperazine rings is 1. The molecule has 15 heavy (non-hydrogen) atoms. The fourth-order valence-electron chi connectivity index (χ4n) is 1.82. The second kappa shape index (κ2) is 4.29. The third kappa shape index (κ3) is 2.26. The van der Waals surface area contributed by atoms with Gasteiger partial charge in [0.05, 0.1) is 11.9 Å². The first kappa shape index (κ1) is 9.96. The molecule has 0 unspecified atom stereocenters. The molecule has 0 N–H and O–H groups in total. The summed E-state index contributed by atoms with van der Waals surface area (Å²) in [6.45, 7) is 5.03. The van der Waals surface area contributed by atoms with Crippen LogP contribution in [-0.2, 0) is 4.79 Å². The first-order valence-electron chi connectivity index (χ1n) is 5.18. The van der Waals surface area contributed by atoms with Crippen molar-refractivity contribution in [2.45, 2.75) is 6.92 Å². The topological polar surface area (TPSA) is 36.4 Å². The molecule has 0 radical (unpaired) electrons. The maximum Gasteiger partial charge on any atom is 0.219 e. The average molecular weight is 205 g/mol. The predicted molar refractivity (Wildman–Crippen MR) is 58.7 cm³/mol. The molecular formula is C11H15N3O. The van der Waals surface area contributed by atoms with Gasteiger partial charge in [-0.1, -0.05) is 0 Å². The summed E-state index contributed by atoms with van der Waals surface area (Å²) in [4.78, 5) is 19.4. The van der Waals surface area contributed by atoms with Gasteiger partial charge < -0.3 is 9.80 Å². The number of aromatic nitrogens is 1. The zero-order valence-electron chi connectivity index (χ0n) is 8.89. The van der Waals surface area contributed by atoms with Crippen LogP contribution in [0.4, 0.5) is 5.69 Å². The number of carbonyl (C=O) groups excluding carboxylic acids is 1. The molecule has 1 aliphatic rings. The summed E-state index contributed by atoms with van der Waals surface area (Å²) in [6, 6.07) is 3.99. The minimum atomic E-state index is 0.167. The maximum absolute atomic E-state index is 11.1. The van der Waals surface area contributed by atoms with Gasteiger partial charge in [-0.2, -0.15) is 0 Å². The van der Waals surface area contributed by atoms with Gasteiger partial charge in [-0.15, -0.1) is 0 Å². The van der Waals surface area contributed by atoms with Crippen LogP contribution < -0.4 is 4.90 Å². The van der Waals surface area contributed by atoms with Crippen LogP contribution in [0.1, 0.15) is 6.92 Å². The minimum Gasteiger partial charge on any atom is -0.367 e. The summed E-state index contributed by atoms with van der Waals surface area (Å²) >= 11 is 0. The molecule has 0 atom stereocenters. The summed E-state index contributed by atoms with van der Waals surface area (Å²) in [7, 11) is 0. The van der Waals surface area contributed by atoms with E-state index in [4.69, 9.17) is 0 Å². The van der Waals surface area contributed by atoms with Crippen LogP contribution in [-0.4, -0.2) is 42.0 Å². The molecule has 0 aliphatic carbocycles. The van der Waals surface area contributed by atoms with Crippen molar-refractivity contribution in [2.75, 3.05) is 31.1 Å². The minimum absolute atomic E-state index is 0.167. The number of carbonyl (C=O) groups is 1. The Morgan fingerprint density at radius 3 is 2.60 bits per heavy atom. The van der Waals surface area contributed by atoms with Crippen molar-refractivity contribution in [2.24, 2.45) is 0 Å². The van der Waals surface area contributed by atoms with Crippen molar-refractivity contribution in [3.8, 4) is 0 Å². The lowest BCUT2D eigenvalue weighted by Crippen LogP contribution is -2.48. The van der Waals surface area contributed by atoms with E-state index in [2.05, 4.69) is 16.0 Å². The Bertz CT molecular complexity index is 331. The predicted octanol–water partition coefficient (Wildman–Crippen LogP) is 0.750. The Balaban J connectivity index is 1.97. The van der Waals surface area contributed by atoms with Gasteiger partial charge in [-0.25, -0.2) is 0 Å². The molecule has 2 heterocycles. The van der Waals surface area contributed by atoms with Gasteiger partial charge in [-0.3, -0.25) is 9.78 Å². The fourth-order valence-corrected chi connectivity index (χ4v) is 1.82. The number of hydrogen-bond donors (Lipinski definition) is 0. The van der Waals surface area contributed by atoms with E-state index in [1.54, 1.807) is 13.1 Å². The Morgan fingerprint density at radius 2 is 2.07 bits per heavy atom. The number of pyridine rings is 1. The highest BCUT2D eigenvalue weighted by molar-refractivity contribution is 5.73. The normalized spacial score (nSPS) is 16.6. The van der Waals surface area contributed by atoms with E-state index < -0.39 is 0 Å². The fraction of sp³-hybridized carbons (Fsp3) is 0.455. The highest BCUT2D eigenvalue weighted by Gasteiger charge is 2.18. The SMILES string of the molecule is CC(=O)N1CCN(c2cccnc2)CC1. The molecule has 2 rings (SSSR count). The second-order valence-electron chi connectivity index (χ2n) is 3.70. The Kier molecular flexibility index (Phi) is 2.85. The number of nitrogens with zero attached hydrogens (tertiary/aromatic N) is 3. The highest BCUT2D eigenvalue weighted by Crippen LogP contribution is 2.14. The van der Waals surface area contributed by atoms with E-state index in [0.717, 1.165) is 31.9 Å². The third-order valence-electron chi connectivity index (χ3n) is 2.74. The van der Waals surface area contributed by atoms with Crippen LogP contribution in [0.2, 0.25) is 0 Å². The van der Waals surface area contributed by atoms with Crippen molar-refractivity contribution in [3.05, 3.63) is 24.5 Å². The second-order valence-corrected chi connectivity index (χ2v) is 3.70. The van der Waals surface area contributed by atoms with Crippen LogP contribution in [0.25, 0.3) is 0 Å². The first-order chi connectivity index (χ1) is 7.27. The van der Waals surface area contributed by atoms with Crippen molar-refractivity contribution in [1.82, 2.24) is 9.88 Å². The summed E-state index contributed by atoms with van der Waals surface area (Å²) < 4.78 is 0. The quantitative estimate of drug-likeness (QED) is 0.679. The number of rotatable bonds is 1. The van der Waals surface area contributed by atoms with Crippen molar-refractivity contribution in [3.63, 3.8) is 0 Å². The molecule has 0 saturated carbocycles. The smallest absolute Gasteiger partial charge is 0.219 e. The third-order valence-corrected chi connectivity index (χ3v) is 2.74. The summed E-state index contributed by atoms with van der Waals surface area (Å²) in [5, 5.41) is 0. The molecule has 80 valence electrons. The van der Waals surface area contributed by atoms with E-state index in [0.29, 0.717) is 0 Å². The van der Waals surface area contributed by atoms with Gasteiger partial charge in [0.2, 0.25) is 5.91 Å². The number of anilines is 1. The number of hydrogen-bond acceptors (Lipinski definition) is 3. The zero-order chi connectivity index (χ0) is 10.7. The van der Waals surface area contributed by atoms with E-state index in [9.17, 15) is 4.79 Å². The van der Waals surface area contributed by atoms with Crippen molar-refractivity contribution in [1.29, 1.82) is 0 Å². The number of amides is 1. The molecule has 0 spiro atoms. The zero-order valence-corrected chi connectivity index (χ0v) is 8.89. The Labute approximate surface area is 89.5 Å². The molecule has 1 amide bonds. The van der Waals surface area contributed by atoms with E-state index in [1.165, 1.54) is 0 Å². The molecule has 0 bridgehead atoms. The molecule has 1 aliphatic heterocycles. The summed E-state index contributed by atoms with van der Waals surface area (Å²) in [5.74, 6) is 0.167. The van der Waals surface area contributed by atoms with Gasteiger partial charge in [0.15, 0.2) is 0 Å². The van der Waals surface area contributed by atoms with Crippen LogP contribution >= 0.6 is 0 Å². The monoisotopic (exact) mass is 205 g/mol. The van der Waals surface area contributed by atoms with Crippen LogP contribution in [0.15, 0.2) is 24.5 Å². The standard InChI is InChI=1S/C11H15N3O/c1-10(15)13-5-7-14(8-6-13)11-3-2-4-12-9-11/h2-4,9H,5-8H2,1H3. The average Bonchev–Trinajstić information content (AvgIpc) is 2.30. The molecule has 1 fully saturated rings. The molecule has 1 aromatic heterocycles. The highest BCUT2D eigenvalue weighted by atomic mass is 16.2. The van der Waals surface area contributed by atoms with Crippen LogP contribution in [0, 0.1) is 0 Å². The largest absolute Gasteiger partial charge is 0.367 e. The van der Waals surface area contributed by atoms with Gasteiger partial charge in [0.25, 0.3) is 0 Å². The molecule has 1 aromatic rings. The lowest BCUT2D eigenvalue weighted by molar-refractivity contribution is -0.129. The lowest BCUT2D eigenvalue weighted by atomic mass is 10.3. The van der Waals surface area contributed by atoms with Gasteiger partial charge in [0.1, 0.15) is 0 Å². The van der Waals surface area contributed by atoms with Crippen molar-refractivity contribution < 1.29 is 4.79 Å². The molecule has 4 nitrogen and oxygen atoms in total. The first-order valence-corrected chi connectivity index (χ1v) is 5.18. The molecule has 1 saturated heterocycles. The van der Waals surface area contributed by atoms with Crippen LogP contribution in [0.3, 0.4) is 0 Å². The van der Waals surface area contributed by atoms with Crippen molar-refractivity contribution >= 4 is 11.6 Å². The van der Waals surface area contributed by atoms with E-state index >= 15 is 0 Å². The Hall–Kier alpha value is -1.58. The van der Waals surface area contributed by atoms with Gasteiger partial charge >= 0.3 is 0 Å². The van der Waals surface area contributed by atoms with Crippen LogP contribution in [0.5, 0.6) is 0 Å². The summed E-state index contributed by atoms with van der Waals surface area (Å²) in [6.07, 6.45) is 3.64. The molecule has 4 heteroatoms. The Morgan fingerprint density at radius 1 is 1.33 bits per heavy atom. The maximum atomic E-state index is 11.1. The van der Waals surface area contributed by atoms with Gasteiger partial charge in [0, 0.05) is 39.3 Å². The molecular weight excluding hydrogens is 190 g/mol. The molecule has 0 aromatic carbocycles. The van der Waals surface area contributed by atoms with Gasteiger partial charge in [-0.05, 0) is 12.1 Å². The van der Waals surface area contributed by atoms with E-state index in [-0.39, 0.29) is 5.91 Å². The summed E-state index contributed by atoms with van der Waals surface area (Å²) in [5.41, 5.74) is 1.14. The lowest BCUT2D eigenvalue weighted by Gasteiger charge is -2.35.